The molecule has 3 heteroatoms. The first-order chi connectivity index (χ1) is 9.88. The molecule has 1 aromatic heterocycles. The van der Waals surface area contributed by atoms with Gasteiger partial charge in [0.25, 0.3) is 0 Å². The average molecular weight is 266 g/mol. The van der Waals surface area contributed by atoms with Gasteiger partial charge in [-0.05, 0) is 36.8 Å². The lowest BCUT2D eigenvalue weighted by Crippen LogP contribution is -1.95. The van der Waals surface area contributed by atoms with Gasteiger partial charge in [-0.25, -0.2) is 0 Å². The highest BCUT2D eigenvalue weighted by atomic mass is 16.5. The number of nitrogens with zero attached hydrogens (tertiary/aromatic N) is 1. The molecule has 0 bridgehead atoms. The molecule has 0 saturated carbocycles. The van der Waals surface area contributed by atoms with Crippen molar-refractivity contribution in [3.8, 4) is 17.0 Å². The first kappa shape index (κ1) is 12.7. The van der Waals surface area contributed by atoms with E-state index in [2.05, 4.69) is 35.3 Å². The highest BCUT2D eigenvalue weighted by Crippen LogP contribution is 2.27. The molecule has 0 fully saturated rings. The fourth-order valence-corrected chi connectivity index (χ4v) is 2.23. The van der Waals surface area contributed by atoms with E-state index in [9.17, 15) is 0 Å². The number of aromatic nitrogens is 2. The highest BCUT2D eigenvalue weighted by molar-refractivity contribution is 5.92. The summed E-state index contributed by atoms with van der Waals surface area (Å²) < 4.78 is 5.68. The lowest BCUT2D eigenvalue weighted by molar-refractivity contribution is 0.309. The Morgan fingerprint density at radius 3 is 2.65 bits per heavy atom. The number of hydrogen-bond donors (Lipinski definition) is 1. The van der Waals surface area contributed by atoms with Crippen molar-refractivity contribution in [2.75, 3.05) is 6.61 Å². The molecule has 2 aromatic carbocycles. The van der Waals surface area contributed by atoms with Gasteiger partial charge in [0.15, 0.2) is 0 Å². The van der Waals surface area contributed by atoms with E-state index < -0.39 is 0 Å². The van der Waals surface area contributed by atoms with Gasteiger partial charge in [0.2, 0.25) is 0 Å². The predicted octanol–water partition coefficient (Wildman–Crippen LogP) is 4.41. The number of nitrogens with one attached hydrogen (secondary N) is 1. The van der Waals surface area contributed by atoms with Gasteiger partial charge in [-0.15, -0.1) is 0 Å². The minimum absolute atomic E-state index is 0.779. The zero-order chi connectivity index (χ0) is 13.8. The summed E-state index contributed by atoms with van der Waals surface area (Å²) in [6.07, 6.45) is 2.24. The predicted molar refractivity (Wildman–Crippen MR) is 81.9 cm³/mol. The molecule has 0 atom stereocenters. The van der Waals surface area contributed by atoms with Crippen molar-refractivity contribution in [2.45, 2.75) is 19.8 Å². The number of benzene rings is 2. The number of ether oxygens (including phenoxy) is 1. The van der Waals surface area contributed by atoms with Gasteiger partial charge in [0, 0.05) is 10.9 Å². The van der Waals surface area contributed by atoms with Crippen LogP contribution in [-0.2, 0) is 0 Å². The molecular weight excluding hydrogens is 248 g/mol. The second-order valence-electron chi connectivity index (χ2n) is 4.84. The summed E-state index contributed by atoms with van der Waals surface area (Å²) in [5, 5.41) is 8.61. The van der Waals surface area contributed by atoms with E-state index in [4.69, 9.17) is 4.74 Å². The van der Waals surface area contributed by atoms with Gasteiger partial charge in [-0.2, -0.15) is 5.10 Å². The molecule has 0 radical (unpaired) electrons. The van der Waals surface area contributed by atoms with Crippen LogP contribution in [0.15, 0.2) is 48.5 Å². The smallest absolute Gasteiger partial charge is 0.119 e. The maximum atomic E-state index is 5.68. The van der Waals surface area contributed by atoms with Crippen LogP contribution in [-0.4, -0.2) is 16.8 Å². The van der Waals surface area contributed by atoms with Crippen LogP contribution in [0, 0.1) is 0 Å². The van der Waals surface area contributed by atoms with E-state index in [1.54, 1.807) is 0 Å². The molecule has 102 valence electrons. The third-order valence-electron chi connectivity index (χ3n) is 3.36. The Morgan fingerprint density at radius 1 is 1.05 bits per heavy atom. The lowest BCUT2D eigenvalue weighted by atomic mass is 10.1. The van der Waals surface area contributed by atoms with Crippen molar-refractivity contribution >= 4 is 10.9 Å². The van der Waals surface area contributed by atoms with Crippen LogP contribution < -0.4 is 4.74 Å². The Labute approximate surface area is 118 Å². The second kappa shape index (κ2) is 5.78. The molecule has 0 aliphatic carbocycles. The normalized spacial score (nSPS) is 10.8. The van der Waals surface area contributed by atoms with Crippen molar-refractivity contribution in [3.63, 3.8) is 0 Å². The van der Waals surface area contributed by atoms with Gasteiger partial charge in [-0.3, -0.25) is 5.10 Å². The van der Waals surface area contributed by atoms with Crippen molar-refractivity contribution in [2.24, 2.45) is 0 Å². The van der Waals surface area contributed by atoms with E-state index in [0.717, 1.165) is 47.4 Å². The van der Waals surface area contributed by atoms with Crippen LogP contribution in [0.2, 0.25) is 0 Å². The van der Waals surface area contributed by atoms with Crippen LogP contribution in [0.1, 0.15) is 19.8 Å². The third kappa shape index (κ3) is 2.52. The summed E-state index contributed by atoms with van der Waals surface area (Å²) >= 11 is 0. The molecule has 0 amide bonds. The van der Waals surface area contributed by atoms with Gasteiger partial charge >= 0.3 is 0 Å². The molecule has 3 rings (SSSR count). The quantitative estimate of drug-likeness (QED) is 0.695. The Morgan fingerprint density at radius 2 is 1.85 bits per heavy atom. The maximum absolute atomic E-state index is 5.68. The molecule has 0 aliphatic heterocycles. The molecule has 0 unspecified atom stereocenters. The number of rotatable bonds is 5. The first-order valence-electron chi connectivity index (χ1n) is 7.05. The number of unbranched alkanes of at least 4 members (excludes halogenated alkanes) is 1. The fourth-order valence-electron chi connectivity index (χ4n) is 2.23. The zero-order valence-corrected chi connectivity index (χ0v) is 11.6. The lowest BCUT2D eigenvalue weighted by Gasteiger charge is -2.05. The van der Waals surface area contributed by atoms with E-state index in [0.29, 0.717) is 0 Å². The summed E-state index contributed by atoms with van der Waals surface area (Å²) in [6.45, 7) is 2.94. The maximum Gasteiger partial charge on any atom is 0.119 e. The SMILES string of the molecule is CCCCOc1ccc(-c2n[nH]c3ccccc23)cc1. The molecule has 1 heterocycles. The number of hydrogen-bond acceptors (Lipinski definition) is 2. The number of aromatic amines is 1. The van der Waals surface area contributed by atoms with Gasteiger partial charge in [-0.1, -0.05) is 31.5 Å². The van der Waals surface area contributed by atoms with Crippen LogP contribution in [0.25, 0.3) is 22.2 Å². The van der Waals surface area contributed by atoms with Gasteiger partial charge in [0.1, 0.15) is 5.75 Å². The van der Waals surface area contributed by atoms with E-state index in [1.807, 2.05) is 30.3 Å². The van der Waals surface area contributed by atoms with E-state index in [-0.39, 0.29) is 0 Å². The minimum atomic E-state index is 0.779. The summed E-state index contributed by atoms with van der Waals surface area (Å²) in [5.74, 6) is 0.919. The van der Waals surface area contributed by atoms with Crippen molar-refractivity contribution in [3.05, 3.63) is 48.5 Å². The van der Waals surface area contributed by atoms with Crippen molar-refractivity contribution < 1.29 is 4.74 Å². The molecular formula is C17H18N2O. The summed E-state index contributed by atoms with van der Waals surface area (Å²) in [5.41, 5.74) is 3.15. The van der Waals surface area contributed by atoms with Crippen LogP contribution in [0.3, 0.4) is 0 Å². The largest absolute Gasteiger partial charge is 0.494 e. The van der Waals surface area contributed by atoms with Crippen molar-refractivity contribution in [1.82, 2.24) is 10.2 Å². The van der Waals surface area contributed by atoms with Crippen molar-refractivity contribution in [1.29, 1.82) is 0 Å². The zero-order valence-electron chi connectivity index (χ0n) is 11.6. The average Bonchev–Trinajstić information content (AvgIpc) is 2.92. The topological polar surface area (TPSA) is 37.9 Å². The van der Waals surface area contributed by atoms with Crippen LogP contribution >= 0.6 is 0 Å². The first-order valence-corrected chi connectivity index (χ1v) is 7.05. The molecule has 3 aromatic rings. The number of para-hydroxylation sites is 1. The monoisotopic (exact) mass is 266 g/mol. The summed E-state index contributed by atoms with van der Waals surface area (Å²) in [7, 11) is 0. The molecule has 3 nitrogen and oxygen atoms in total. The molecule has 0 spiro atoms. The second-order valence-corrected chi connectivity index (χ2v) is 4.84. The Hall–Kier alpha value is -2.29. The van der Waals surface area contributed by atoms with Crippen LogP contribution in [0.5, 0.6) is 5.75 Å². The standard InChI is InChI=1S/C17H18N2O/c1-2-3-12-20-14-10-8-13(9-11-14)17-15-6-4-5-7-16(15)18-19-17/h4-11H,2-3,12H2,1H3,(H,18,19). The Kier molecular flexibility index (Phi) is 3.68. The van der Waals surface area contributed by atoms with Gasteiger partial charge in [0.05, 0.1) is 17.8 Å². The fraction of sp³-hybridized carbons (Fsp3) is 0.235. The number of fused-ring (bicyclic) bond motifs is 1. The minimum Gasteiger partial charge on any atom is -0.494 e. The molecule has 0 saturated heterocycles. The Balaban J connectivity index is 1.84. The summed E-state index contributed by atoms with van der Waals surface area (Å²) in [4.78, 5) is 0. The molecule has 1 N–H and O–H groups in total. The molecule has 0 aliphatic rings. The van der Waals surface area contributed by atoms with Crippen LogP contribution in [0.4, 0.5) is 0 Å². The third-order valence-corrected chi connectivity index (χ3v) is 3.36. The van der Waals surface area contributed by atoms with Gasteiger partial charge < -0.3 is 4.74 Å². The Bertz CT molecular complexity index is 686. The number of H-pyrrole nitrogens is 1. The van der Waals surface area contributed by atoms with E-state index in [1.165, 1.54) is 0 Å². The van der Waals surface area contributed by atoms with E-state index >= 15 is 0 Å². The summed E-state index contributed by atoms with van der Waals surface area (Å²) in [6, 6.07) is 16.3. The molecule has 20 heavy (non-hydrogen) atoms. The highest BCUT2D eigenvalue weighted by Gasteiger charge is 2.07.